The molecule has 0 rings (SSSR count). The summed E-state index contributed by atoms with van der Waals surface area (Å²) in [7, 11) is -2.41. The normalized spacial score (nSPS) is 10.5. The van der Waals surface area contributed by atoms with Gasteiger partial charge in [-0.15, -0.1) is 4.52 Å². The van der Waals surface area contributed by atoms with Gasteiger partial charge in [0.05, 0.1) is 0 Å². The molecule has 0 bridgehead atoms. The molecule has 0 amide bonds. The lowest BCUT2D eigenvalue weighted by atomic mass is 10.4. The van der Waals surface area contributed by atoms with Crippen LogP contribution in [-0.2, 0) is 18.7 Å². The summed E-state index contributed by atoms with van der Waals surface area (Å²) in [5.41, 5.74) is -0.487. The second kappa shape index (κ2) is 4.88. The fourth-order valence-electron chi connectivity index (χ4n) is 0.313. The average molecular weight is 175 g/mol. The molecule has 1 unspecified atom stereocenters. The first kappa shape index (κ1) is 10.1. The van der Waals surface area contributed by atoms with E-state index < -0.39 is 13.6 Å². The number of rotatable bonds is 5. The van der Waals surface area contributed by atoms with Gasteiger partial charge in [0.15, 0.2) is 12.9 Å². The van der Waals surface area contributed by atoms with E-state index in [4.69, 9.17) is 0 Å². The highest BCUT2D eigenvalue weighted by atomic mass is 31.1. The maximum absolute atomic E-state index is 10.7. The van der Waals surface area contributed by atoms with Crippen molar-refractivity contribution in [1.82, 2.24) is 0 Å². The summed E-state index contributed by atoms with van der Waals surface area (Å²) < 4.78 is 15.0. The van der Waals surface area contributed by atoms with E-state index in [1.54, 1.807) is 0 Å². The van der Waals surface area contributed by atoms with Crippen molar-refractivity contribution in [2.45, 2.75) is 6.92 Å². The standard InChI is InChI=1S/C6H8O4P/c1-5(2)6(8)11(9)10-4-3-7/h3H,1,4H2,2H3/q+1. The van der Waals surface area contributed by atoms with Crippen molar-refractivity contribution in [3.05, 3.63) is 12.2 Å². The molecule has 0 fully saturated rings. The van der Waals surface area contributed by atoms with Crippen LogP contribution >= 0.6 is 8.03 Å². The largest absolute Gasteiger partial charge is 0.593 e. The first-order valence-corrected chi connectivity index (χ1v) is 4.01. The van der Waals surface area contributed by atoms with Crippen LogP contribution in [0, 0.1) is 0 Å². The van der Waals surface area contributed by atoms with Crippen LogP contribution in [0.3, 0.4) is 0 Å². The highest BCUT2D eigenvalue weighted by molar-refractivity contribution is 7.60. The van der Waals surface area contributed by atoms with Crippen LogP contribution in [0.1, 0.15) is 6.92 Å². The van der Waals surface area contributed by atoms with Gasteiger partial charge in [-0.1, -0.05) is 6.58 Å². The quantitative estimate of drug-likeness (QED) is 0.356. The topological polar surface area (TPSA) is 60.4 Å². The summed E-state index contributed by atoms with van der Waals surface area (Å²) in [6.07, 6.45) is 0.429. The fourth-order valence-corrected chi connectivity index (χ4v) is 0.938. The van der Waals surface area contributed by atoms with Crippen molar-refractivity contribution in [2.75, 3.05) is 6.61 Å². The molecular formula is C6H8O4P+. The molecule has 5 heteroatoms. The predicted molar refractivity (Wildman–Crippen MR) is 39.4 cm³/mol. The molecule has 4 nitrogen and oxygen atoms in total. The summed E-state index contributed by atoms with van der Waals surface area (Å²) in [6, 6.07) is 0. The van der Waals surface area contributed by atoms with Crippen molar-refractivity contribution in [2.24, 2.45) is 0 Å². The van der Waals surface area contributed by atoms with Gasteiger partial charge in [0.2, 0.25) is 0 Å². The lowest BCUT2D eigenvalue weighted by molar-refractivity contribution is -0.110. The van der Waals surface area contributed by atoms with E-state index in [1.165, 1.54) is 6.92 Å². The van der Waals surface area contributed by atoms with E-state index in [-0.39, 0.29) is 12.2 Å². The van der Waals surface area contributed by atoms with E-state index in [0.29, 0.717) is 6.29 Å². The number of carbonyl (C=O) groups excluding carboxylic acids is 2. The summed E-state index contributed by atoms with van der Waals surface area (Å²) >= 11 is 0. The van der Waals surface area contributed by atoms with Crippen LogP contribution in [0.25, 0.3) is 0 Å². The molecule has 0 aliphatic carbocycles. The van der Waals surface area contributed by atoms with E-state index in [1.807, 2.05) is 0 Å². The molecule has 0 radical (unpaired) electrons. The molecule has 0 aromatic carbocycles. The highest BCUT2D eigenvalue weighted by Crippen LogP contribution is 2.25. The third kappa shape index (κ3) is 3.75. The fraction of sp³-hybridized carbons (Fsp3) is 0.333. The molecule has 60 valence electrons. The molecule has 11 heavy (non-hydrogen) atoms. The lowest BCUT2D eigenvalue weighted by Crippen LogP contribution is -1.95. The first-order chi connectivity index (χ1) is 5.09. The maximum atomic E-state index is 10.7. The Hall–Kier alpha value is -0.860. The summed E-state index contributed by atoms with van der Waals surface area (Å²) in [5, 5.41) is 0. The number of aldehydes is 1. The highest BCUT2D eigenvalue weighted by Gasteiger charge is 2.30. The van der Waals surface area contributed by atoms with E-state index in [0.717, 1.165) is 0 Å². The van der Waals surface area contributed by atoms with Gasteiger partial charge in [-0.3, -0.25) is 0 Å². The molecule has 0 saturated heterocycles. The van der Waals surface area contributed by atoms with Gasteiger partial charge in [-0.2, -0.15) is 0 Å². The van der Waals surface area contributed by atoms with Gasteiger partial charge in [-0.25, -0.2) is 4.79 Å². The predicted octanol–water partition coefficient (Wildman–Crippen LogP) is 1.05. The van der Waals surface area contributed by atoms with Crippen molar-refractivity contribution in [3.63, 3.8) is 0 Å². The summed E-state index contributed by atoms with van der Waals surface area (Å²) in [4.78, 5) is 20.4. The first-order valence-electron chi connectivity index (χ1n) is 2.83. The van der Waals surface area contributed by atoms with Crippen LogP contribution < -0.4 is 0 Å². The summed E-state index contributed by atoms with van der Waals surface area (Å²) in [5.74, 6) is 0. The van der Waals surface area contributed by atoms with E-state index in [9.17, 15) is 14.2 Å². The molecule has 0 aromatic rings. The lowest BCUT2D eigenvalue weighted by Gasteiger charge is -1.81. The van der Waals surface area contributed by atoms with Crippen molar-refractivity contribution in [3.8, 4) is 0 Å². The minimum Gasteiger partial charge on any atom is -0.301 e. The van der Waals surface area contributed by atoms with Crippen molar-refractivity contribution < 1.29 is 18.7 Å². The Kier molecular flexibility index (Phi) is 4.50. The van der Waals surface area contributed by atoms with Crippen molar-refractivity contribution in [1.29, 1.82) is 0 Å². The van der Waals surface area contributed by atoms with Gasteiger partial charge >= 0.3 is 13.6 Å². The molecule has 0 aliphatic heterocycles. The third-order valence-corrected chi connectivity index (χ3v) is 1.89. The molecule has 0 aliphatic rings. The van der Waals surface area contributed by atoms with Crippen LogP contribution in [0.2, 0.25) is 0 Å². The molecule has 0 saturated carbocycles. The Morgan fingerprint density at radius 2 is 2.27 bits per heavy atom. The Morgan fingerprint density at radius 3 is 2.64 bits per heavy atom. The van der Waals surface area contributed by atoms with Gasteiger partial charge in [-0.05, 0) is 11.5 Å². The molecule has 0 aromatic heterocycles. The molecule has 0 heterocycles. The monoisotopic (exact) mass is 175 g/mol. The smallest absolute Gasteiger partial charge is 0.301 e. The zero-order valence-corrected chi connectivity index (χ0v) is 6.97. The number of carbonyl (C=O) groups is 2. The number of hydrogen-bond donors (Lipinski definition) is 0. The average Bonchev–Trinajstić information content (AvgIpc) is 1.98. The minimum absolute atomic E-state index is 0.164. The number of allylic oxidation sites excluding steroid dienone is 1. The summed E-state index contributed by atoms with van der Waals surface area (Å²) in [6.45, 7) is 4.39. The second-order valence-electron chi connectivity index (χ2n) is 1.81. The van der Waals surface area contributed by atoms with Crippen molar-refractivity contribution >= 4 is 19.8 Å². The van der Waals surface area contributed by atoms with Gasteiger partial charge < -0.3 is 4.79 Å². The Morgan fingerprint density at radius 1 is 1.73 bits per heavy atom. The molecule has 0 spiro atoms. The molecular weight excluding hydrogens is 167 g/mol. The Labute approximate surface area is 65.1 Å². The van der Waals surface area contributed by atoms with Gasteiger partial charge in [0, 0.05) is 5.57 Å². The Bertz CT molecular complexity index is 209. The maximum Gasteiger partial charge on any atom is 0.593 e. The van der Waals surface area contributed by atoms with E-state index in [2.05, 4.69) is 11.1 Å². The molecule has 1 atom stereocenters. The van der Waals surface area contributed by atoms with Gasteiger partial charge in [0.1, 0.15) is 0 Å². The zero-order valence-electron chi connectivity index (χ0n) is 6.07. The molecule has 0 N–H and O–H groups in total. The second-order valence-corrected chi connectivity index (χ2v) is 2.98. The zero-order chi connectivity index (χ0) is 8.85. The Balaban J connectivity index is 3.94. The van der Waals surface area contributed by atoms with Crippen LogP contribution in [0.15, 0.2) is 12.2 Å². The SMILES string of the molecule is C=C(C)C(=O)[P+](=O)OCC=O. The van der Waals surface area contributed by atoms with Crippen LogP contribution in [-0.4, -0.2) is 18.4 Å². The third-order valence-electron chi connectivity index (χ3n) is 0.791. The number of hydrogen-bond acceptors (Lipinski definition) is 4. The van der Waals surface area contributed by atoms with Gasteiger partial charge in [0.25, 0.3) is 0 Å². The minimum atomic E-state index is -2.41. The van der Waals surface area contributed by atoms with E-state index >= 15 is 0 Å². The van der Waals surface area contributed by atoms with Crippen LogP contribution in [0.4, 0.5) is 0 Å². The van der Waals surface area contributed by atoms with Crippen LogP contribution in [0.5, 0.6) is 0 Å².